The van der Waals surface area contributed by atoms with Crippen molar-refractivity contribution in [3.8, 4) is 11.1 Å². The first-order chi connectivity index (χ1) is 9.76. The third-order valence-electron chi connectivity index (χ3n) is 2.98. The van der Waals surface area contributed by atoms with Gasteiger partial charge in [0.05, 0.1) is 15.7 Å². The molecule has 1 heterocycles. The van der Waals surface area contributed by atoms with Crippen LogP contribution in [0.3, 0.4) is 0 Å². The van der Waals surface area contributed by atoms with Gasteiger partial charge in [-0.15, -0.1) is 11.3 Å². The smallest absolute Gasteiger partial charge is 0.247 e. The summed E-state index contributed by atoms with van der Waals surface area (Å²) in [5.74, 6) is -0.211. The number of thiazole rings is 1. The van der Waals surface area contributed by atoms with Crippen LogP contribution in [-0.2, 0) is 4.79 Å². The second-order valence-corrected chi connectivity index (χ2v) is 5.20. The number of carbonyl (C=O) groups is 1. The Labute approximate surface area is 120 Å². The molecule has 0 radical (unpaired) electrons. The van der Waals surface area contributed by atoms with Gasteiger partial charge in [-0.3, -0.25) is 4.79 Å². The molecule has 0 unspecified atom stereocenters. The Morgan fingerprint density at radius 1 is 1.20 bits per heavy atom. The second-order valence-electron chi connectivity index (χ2n) is 4.31. The Morgan fingerprint density at radius 3 is 2.90 bits per heavy atom. The Kier molecular flexibility index (Phi) is 3.31. The number of fused-ring (bicyclic) bond motifs is 1. The van der Waals surface area contributed by atoms with Crippen molar-refractivity contribution in [1.29, 1.82) is 0 Å². The lowest BCUT2D eigenvalue weighted by Gasteiger charge is -2.06. The molecule has 0 saturated heterocycles. The van der Waals surface area contributed by atoms with Gasteiger partial charge in [0.15, 0.2) is 0 Å². The van der Waals surface area contributed by atoms with Crippen LogP contribution in [0.4, 0.5) is 5.69 Å². The Balaban J connectivity index is 1.98. The standard InChI is InChI=1S/C16H12N2OS/c1-2-16(19)18-13-5-3-4-11(8-13)12-6-7-15-14(9-12)17-10-20-15/h2-10H,1H2,(H,18,19). The lowest BCUT2D eigenvalue weighted by Crippen LogP contribution is -2.06. The molecule has 2 aromatic carbocycles. The number of carbonyl (C=O) groups excluding carboxylic acids is 1. The summed E-state index contributed by atoms with van der Waals surface area (Å²) in [4.78, 5) is 15.7. The second kappa shape index (κ2) is 5.27. The monoisotopic (exact) mass is 280 g/mol. The molecule has 3 nitrogen and oxygen atoms in total. The topological polar surface area (TPSA) is 42.0 Å². The average Bonchev–Trinajstić information content (AvgIpc) is 2.94. The number of amides is 1. The van der Waals surface area contributed by atoms with Crippen molar-refractivity contribution in [3.63, 3.8) is 0 Å². The van der Waals surface area contributed by atoms with Crippen LogP contribution >= 0.6 is 11.3 Å². The van der Waals surface area contributed by atoms with E-state index in [9.17, 15) is 4.79 Å². The first-order valence-electron chi connectivity index (χ1n) is 6.13. The van der Waals surface area contributed by atoms with Crippen LogP contribution < -0.4 is 5.32 Å². The normalized spacial score (nSPS) is 10.4. The van der Waals surface area contributed by atoms with E-state index in [-0.39, 0.29) is 5.91 Å². The maximum Gasteiger partial charge on any atom is 0.247 e. The third-order valence-corrected chi connectivity index (χ3v) is 3.79. The number of nitrogens with zero attached hydrogens (tertiary/aromatic N) is 1. The molecule has 0 fully saturated rings. The molecule has 98 valence electrons. The van der Waals surface area contributed by atoms with Crippen LogP contribution in [0.2, 0.25) is 0 Å². The minimum atomic E-state index is -0.211. The van der Waals surface area contributed by atoms with E-state index < -0.39 is 0 Å². The van der Waals surface area contributed by atoms with Crippen molar-refractivity contribution in [3.05, 3.63) is 60.6 Å². The van der Waals surface area contributed by atoms with Gasteiger partial charge in [-0.1, -0.05) is 24.8 Å². The summed E-state index contributed by atoms with van der Waals surface area (Å²) in [5, 5.41) is 2.76. The Hall–Kier alpha value is -2.46. The average molecular weight is 280 g/mol. The summed E-state index contributed by atoms with van der Waals surface area (Å²) in [6.07, 6.45) is 1.26. The highest BCUT2D eigenvalue weighted by atomic mass is 32.1. The molecule has 1 amide bonds. The fraction of sp³-hybridized carbons (Fsp3) is 0. The van der Waals surface area contributed by atoms with Gasteiger partial charge in [0, 0.05) is 5.69 Å². The van der Waals surface area contributed by atoms with E-state index >= 15 is 0 Å². The van der Waals surface area contributed by atoms with E-state index in [0.717, 1.165) is 22.3 Å². The highest BCUT2D eigenvalue weighted by molar-refractivity contribution is 7.16. The number of aromatic nitrogens is 1. The molecule has 0 atom stereocenters. The van der Waals surface area contributed by atoms with E-state index in [0.29, 0.717) is 0 Å². The van der Waals surface area contributed by atoms with Gasteiger partial charge >= 0.3 is 0 Å². The van der Waals surface area contributed by atoms with Crippen molar-refractivity contribution in [2.75, 3.05) is 5.32 Å². The molecular weight excluding hydrogens is 268 g/mol. The molecule has 1 N–H and O–H groups in total. The fourth-order valence-electron chi connectivity index (χ4n) is 2.01. The molecule has 0 saturated carbocycles. The SMILES string of the molecule is C=CC(=O)Nc1cccc(-c2ccc3scnc3c2)c1. The molecule has 0 aliphatic heterocycles. The van der Waals surface area contributed by atoms with E-state index in [1.807, 2.05) is 29.8 Å². The van der Waals surface area contributed by atoms with Crippen molar-refractivity contribution in [1.82, 2.24) is 4.98 Å². The highest BCUT2D eigenvalue weighted by Gasteiger charge is 2.03. The first kappa shape index (κ1) is 12.6. The highest BCUT2D eigenvalue weighted by Crippen LogP contribution is 2.27. The van der Waals surface area contributed by atoms with Gasteiger partial charge in [0.2, 0.25) is 5.91 Å². The summed E-state index contributed by atoms with van der Waals surface area (Å²) in [5.41, 5.74) is 5.72. The molecule has 0 spiro atoms. The molecule has 0 aliphatic rings. The first-order valence-corrected chi connectivity index (χ1v) is 7.01. The molecular formula is C16H12N2OS. The van der Waals surface area contributed by atoms with Gasteiger partial charge in [0.25, 0.3) is 0 Å². The Bertz CT molecular complexity index is 792. The molecule has 20 heavy (non-hydrogen) atoms. The third kappa shape index (κ3) is 2.46. The van der Waals surface area contributed by atoms with Crippen molar-refractivity contribution >= 4 is 33.1 Å². The van der Waals surface area contributed by atoms with E-state index in [1.165, 1.54) is 10.8 Å². The lowest BCUT2D eigenvalue weighted by molar-refractivity contribution is -0.111. The van der Waals surface area contributed by atoms with E-state index in [2.05, 4.69) is 35.1 Å². The number of nitrogens with one attached hydrogen (secondary N) is 1. The van der Waals surface area contributed by atoms with Crippen molar-refractivity contribution < 1.29 is 4.79 Å². The van der Waals surface area contributed by atoms with Gasteiger partial charge in [-0.05, 0) is 41.5 Å². The molecule has 3 aromatic rings. The lowest BCUT2D eigenvalue weighted by atomic mass is 10.0. The largest absolute Gasteiger partial charge is 0.323 e. The van der Waals surface area contributed by atoms with Crippen LogP contribution in [0.5, 0.6) is 0 Å². The molecule has 0 bridgehead atoms. The predicted molar refractivity (Wildman–Crippen MR) is 83.9 cm³/mol. The van der Waals surface area contributed by atoms with Gasteiger partial charge < -0.3 is 5.32 Å². The zero-order chi connectivity index (χ0) is 13.9. The zero-order valence-electron chi connectivity index (χ0n) is 10.7. The number of benzene rings is 2. The number of anilines is 1. The van der Waals surface area contributed by atoms with E-state index in [4.69, 9.17) is 0 Å². The molecule has 0 aliphatic carbocycles. The Morgan fingerprint density at radius 2 is 2.05 bits per heavy atom. The zero-order valence-corrected chi connectivity index (χ0v) is 11.5. The minimum absolute atomic E-state index is 0.211. The van der Waals surface area contributed by atoms with Crippen molar-refractivity contribution in [2.45, 2.75) is 0 Å². The van der Waals surface area contributed by atoms with Gasteiger partial charge in [0.1, 0.15) is 0 Å². The number of hydrogen-bond acceptors (Lipinski definition) is 3. The minimum Gasteiger partial charge on any atom is -0.323 e. The van der Waals surface area contributed by atoms with Crippen LogP contribution in [-0.4, -0.2) is 10.9 Å². The summed E-state index contributed by atoms with van der Waals surface area (Å²) < 4.78 is 1.17. The van der Waals surface area contributed by atoms with E-state index in [1.54, 1.807) is 11.3 Å². The van der Waals surface area contributed by atoms with Gasteiger partial charge in [-0.2, -0.15) is 0 Å². The quantitative estimate of drug-likeness (QED) is 0.734. The van der Waals surface area contributed by atoms with Crippen LogP contribution in [0.15, 0.2) is 60.6 Å². The maximum atomic E-state index is 11.3. The van der Waals surface area contributed by atoms with Crippen LogP contribution in [0.25, 0.3) is 21.3 Å². The van der Waals surface area contributed by atoms with Crippen LogP contribution in [0.1, 0.15) is 0 Å². The van der Waals surface area contributed by atoms with Gasteiger partial charge in [-0.25, -0.2) is 4.98 Å². The number of hydrogen-bond donors (Lipinski definition) is 1. The summed E-state index contributed by atoms with van der Waals surface area (Å²) >= 11 is 1.63. The fourth-order valence-corrected chi connectivity index (χ4v) is 2.67. The summed E-state index contributed by atoms with van der Waals surface area (Å²) in [6, 6.07) is 13.9. The number of rotatable bonds is 3. The summed E-state index contributed by atoms with van der Waals surface area (Å²) in [7, 11) is 0. The van der Waals surface area contributed by atoms with Crippen LogP contribution in [0, 0.1) is 0 Å². The molecule has 4 heteroatoms. The maximum absolute atomic E-state index is 11.3. The molecule has 3 rings (SSSR count). The summed E-state index contributed by atoms with van der Waals surface area (Å²) in [6.45, 7) is 3.45. The predicted octanol–water partition coefficient (Wildman–Crippen LogP) is 4.09. The molecule has 1 aromatic heterocycles. The van der Waals surface area contributed by atoms with Crippen molar-refractivity contribution in [2.24, 2.45) is 0 Å².